The number of pyridine rings is 1. The molecule has 0 atom stereocenters. The van der Waals surface area contributed by atoms with Gasteiger partial charge in [-0.25, -0.2) is 5.48 Å². The smallest absolute Gasteiger partial charge is 0.276 e. The van der Waals surface area contributed by atoms with Gasteiger partial charge in [0.05, 0.1) is 5.56 Å². The number of carbonyl (C=O) groups excluding carboxylic acids is 1. The third-order valence-corrected chi connectivity index (χ3v) is 7.21. The number of amides is 1. The van der Waals surface area contributed by atoms with Crippen molar-refractivity contribution in [2.45, 2.75) is 63.6 Å². The third kappa shape index (κ3) is 2.94. The van der Waals surface area contributed by atoms with E-state index in [1.165, 1.54) is 51.6 Å². The molecule has 1 aromatic rings. The molecule has 1 spiro atoms. The van der Waals surface area contributed by atoms with Crippen LogP contribution in [0.1, 0.15) is 60.1 Å². The first-order chi connectivity index (χ1) is 12.7. The molecule has 2 saturated carbocycles. The number of rotatable bonds is 3. The van der Waals surface area contributed by atoms with E-state index in [0.29, 0.717) is 17.0 Å². The molecule has 5 rings (SSSR count). The van der Waals surface area contributed by atoms with Crippen LogP contribution < -0.4 is 5.48 Å². The van der Waals surface area contributed by atoms with Crippen molar-refractivity contribution in [1.82, 2.24) is 20.3 Å². The SMILES string of the molecule is O=C(NO)c1cnc2c(c1)CN(C1CC3(CCN(C4CC4)CC3)C1)CC2. The fourth-order valence-electron chi connectivity index (χ4n) is 5.36. The summed E-state index contributed by atoms with van der Waals surface area (Å²) in [6, 6.07) is 3.49. The minimum atomic E-state index is -0.484. The second-order valence-corrected chi connectivity index (χ2v) is 8.82. The number of aromatic nitrogens is 1. The van der Waals surface area contributed by atoms with Crippen molar-refractivity contribution in [3.8, 4) is 0 Å². The van der Waals surface area contributed by atoms with Gasteiger partial charge < -0.3 is 4.90 Å². The molecule has 3 heterocycles. The van der Waals surface area contributed by atoms with Gasteiger partial charge in [0.15, 0.2) is 0 Å². The summed E-state index contributed by atoms with van der Waals surface area (Å²) in [5, 5.41) is 8.84. The van der Waals surface area contributed by atoms with Crippen LogP contribution in [-0.4, -0.2) is 57.6 Å². The molecule has 2 aliphatic heterocycles. The van der Waals surface area contributed by atoms with Gasteiger partial charge in [-0.05, 0) is 68.7 Å². The average Bonchev–Trinajstić information content (AvgIpc) is 3.50. The maximum Gasteiger partial charge on any atom is 0.276 e. The van der Waals surface area contributed by atoms with Crippen LogP contribution in [0.3, 0.4) is 0 Å². The number of nitrogens with zero attached hydrogens (tertiary/aromatic N) is 3. The molecule has 1 amide bonds. The Morgan fingerprint density at radius 1 is 1.15 bits per heavy atom. The minimum Gasteiger partial charge on any atom is -0.300 e. The Hall–Kier alpha value is -1.50. The summed E-state index contributed by atoms with van der Waals surface area (Å²) in [5.41, 5.74) is 4.98. The highest BCUT2D eigenvalue weighted by Gasteiger charge is 2.49. The van der Waals surface area contributed by atoms with E-state index in [1.807, 2.05) is 6.07 Å². The van der Waals surface area contributed by atoms with Gasteiger partial charge >= 0.3 is 0 Å². The van der Waals surface area contributed by atoms with Crippen LogP contribution in [0.4, 0.5) is 0 Å². The molecule has 6 nitrogen and oxygen atoms in total. The van der Waals surface area contributed by atoms with Crippen molar-refractivity contribution in [2.24, 2.45) is 5.41 Å². The Labute approximate surface area is 154 Å². The van der Waals surface area contributed by atoms with E-state index in [1.54, 1.807) is 11.7 Å². The molecule has 0 radical (unpaired) electrons. The Balaban J connectivity index is 1.20. The lowest BCUT2D eigenvalue weighted by Gasteiger charge is -2.56. The maximum absolute atomic E-state index is 11.6. The van der Waals surface area contributed by atoms with Crippen molar-refractivity contribution >= 4 is 5.91 Å². The van der Waals surface area contributed by atoms with Crippen LogP contribution >= 0.6 is 0 Å². The number of hydroxylamine groups is 1. The van der Waals surface area contributed by atoms with E-state index in [-0.39, 0.29) is 0 Å². The van der Waals surface area contributed by atoms with Gasteiger partial charge in [-0.1, -0.05) is 0 Å². The summed E-state index contributed by atoms with van der Waals surface area (Å²) in [6.07, 6.45) is 10.8. The maximum atomic E-state index is 11.6. The third-order valence-electron chi connectivity index (χ3n) is 7.21. The second-order valence-electron chi connectivity index (χ2n) is 8.82. The first-order valence-electron chi connectivity index (χ1n) is 10.1. The molecule has 1 aromatic heterocycles. The zero-order valence-corrected chi connectivity index (χ0v) is 15.3. The molecule has 1 saturated heterocycles. The molecule has 0 bridgehead atoms. The van der Waals surface area contributed by atoms with Crippen molar-refractivity contribution in [3.05, 3.63) is 29.1 Å². The van der Waals surface area contributed by atoms with Crippen LogP contribution in [0.5, 0.6) is 0 Å². The highest BCUT2D eigenvalue weighted by molar-refractivity contribution is 5.93. The lowest BCUT2D eigenvalue weighted by atomic mass is 9.59. The molecular weight excluding hydrogens is 328 g/mol. The molecule has 0 aromatic carbocycles. The van der Waals surface area contributed by atoms with Crippen LogP contribution in [0, 0.1) is 5.41 Å². The van der Waals surface area contributed by atoms with Crippen molar-refractivity contribution < 1.29 is 10.0 Å². The van der Waals surface area contributed by atoms with E-state index < -0.39 is 5.91 Å². The Morgan fingerprint density at radius 3 is 2.62 bits per heavy atom. The first kappa shape index (κ1) is 16.7. The van der Waals surface area contributed by atoms with Crippen LogP contribution in [-0.2, 0) is 13.0 Å². The van der Waals surface area contributed by atoms with Crippen molar-refractivity contribution in [1.29, 1.82) is 0 Å². The summed E-state index contributed by atoms with van der Waals surface area (Å²) in [6.45, 7) is 4.57. The molecule has 2 N–H and O–H groups in total. The average molecular weight is 356 g/mol. The fourth-order valence-corrected chi connectivity index (χ4v) is 5.36. The Morgan fingerprint density at radius 2 is 1.92 bits per heavy atom. The predicted molar refractivity (Wildman–Crippen MR) is 96.9 cm³/mol. The molecule has 140 valence electrons. The van der Waals surface area contributed by atoms with Gasteiger partial charge in [-0.3, -0.25) is 19.9 Å². The highest BCUT2D eigenvalue weighted by atomic mass is 16.5. The van der Waals surface area contributed by atoms with E-state index in [9.17, 15) is 4.79 Å². The molecule has 26 heavy (non-hydrogen) atoms. The summed E-state index contributed by atoms with van der Waals surface area (Å²) in [7, 11) is 0. The standard InChI is InChI=1S/C20H28N4O2/c25-19(22-26)14-9-15-13-24(6-3-18(15)21-12-14)17-10-20(11-17)4-7-23(8-5-20)16-1-2-16/h9,12,16-17,26H,1-8,10-11,13H2,(H,22,25). The molecular formula is C20H28N4O2. The quantitative estimate of drug-likeness (QED) is 0.640. The van der Waals surface area contributed by atoms with Gasteiger partial charge in [0.25, 0.3) is 5.91 Å². The molecule has 3 fully saturated rings. The number of nitrogens with one attached hydrogen (secondary N) is 1. The Bertz CT molecular complexity index is 702. The Kier molecular flexibility index (Phi) is 4.03. The van der Waals surface area contributed by atoms with Crippen molar-refractivity contribution in [3.63, 3.8) is 0 Å². The summed E-state index contributed by atoms with van der Waals surface area (Å²) < 4.78 is 0. The number of hydrogen-bond donors (Lipinski definition) is 2. The number of fused-ring (bicyclic) bond motifs is 1. The number of likely N-dealkylation sites (tertiary alicyclic amines) is 1. The van der Waals surface area contributed by atoms with E-state index in [2.05, 4.69) is 14.8 Å². The lowest BCUT2D eigenvalue weighted by Crippen LogP contribution is -2.56. The predicted octanol–water partition coefficient (Wildman–Crippen LogP) is 1.97. The number of piperidine rings is 1. The van der Waals surface area contributed by atoms with Gasteiger partial charge in [0, 0.05) is 43.5 Å². The first-order valence-corrected chi connectivity index (χ1v) is 10.1. The van der Waals surface area contributed by atoms with Crippen LogP contribution in [0.2, 0.25) is 0 Å². The van der Waals surface area contributed by atoms with E-state index in [0.717, 1.165) is 36.8 Å². The zero-order valence-electron chi connectivity index (χ0n) is 15.3. The minimum absolute atomic E-state index is 0.436. The molecule has 0 unspecified atom stereocenters. The van der Waals surface area contributed by atoms with E-state index >= 15 is 0 Å². The monoisotopic (exact) mass is 356 g/mol. The van der Waals surface area contributed by atoms with Crippen molar-refractivity contribution in [2.75, 3.05) is 19.6 Å². The normalized spacial score (nSPS) is 26.3. The number of carbonyl (C=O) groups is 1. The van der Waals surface area contributed by atoms with Gasteiger partial charge in [-0.15, -0.1) is 0 Å². The highest BCUT2D eigenvalue weighted by Crippen LogP contribution is 2.52. The van der Waals surface area contributed by atoms with Gasteiger partial charge in [0.1, 0.15) is 0 Å². The topological polar surface area (TPSA) is 68.7 Å². The van der Waals surface area contributed by atoms with Crippen LogP contribution in [0.15, 0.2) is 12.3 Å². The molecule has 4 aliphatic rings. The summed E-state index contributed by atoms with van der Waals surface area (Å²) >= 11 is 0. The largest absolute Gasteiger partial charge is 0.300 e. The van der Waals surface area contributed by atoms with Gasteiger partial charge in [-0.2, -0.15) is 0 Å². The molecule has 6 heteroatoms. The number of hydrogen-bond acceptors (Lipinski definition) is 5. The zero-order chi connectivity index (χ0) is 17.7. The second kappa shape index (κ2) is 6.29. The van der Waals surface area contributed by atoms with Crippen LogP contribution in [0.25, 0.3) is 0 Å². The fraction of sp³-hybridized carbons (Fsp3) is 0.700. The molecule has 2 aliphatic carbocycles. The summed E-state index contributed by atoms with van der Waals surface area (Å²) in [5.74, 6) is -0.484. The lowest BCUT2D eigenvalue weighted by molar-refractivity contribution is -0.0486. The van der Waals surface area contributed by atoms with E-state index in [4.69, 9.17) is 5.21 Å². The van der Waals surface area contributed by atoms with Gasteiger partial charge in [0.2, 0.25) is 0 Å². The summed E-state index contributed by atoms with van der Waals surface area (Å²) in [4.78, 5) is 21.4.